The standard InChI is InChI=1S/C28H37N7O7/c29-19(14-17-8-3-1-4-9-17)24(38)33-20(12-7-13-32-28(30)31)25(39)34-21(15-18-10-5-2-6-11-18)26(40)35-22(27(41)42)16-23(36)37/h1-6,8-11,19-22H,7,12-16,29H2,(H,33,38)(H,34,39)(H,35,40)(H,36,37)(H,41,42)(H4,30,31,32). The third-order valence-electron chi connectivity index (χ3n) is 6.12. The first-order chi connectivity index (χ1) is 20.0. The summed E-state index contributed by atoms with van der Waals surface area (Å²) >= 11 is 0. The highest BCUT2D eigenvalue weighted by Gasteiger charge is 2.31. The van der Waals surface area contributed by atoms with E-state index in [4.69, 9.17) is 22.3 Å². The molecule has 3 amide bonds. The third kappa shape index (κ3) is 12.0. The maximum atomic E-state index is 13.4. The molecular formula is C28H37N7O7. The van der Waals surface area contributed by atoms with Crippen LogP contribution in [-0.4, -0.2) is 76.5 Å². The highest BCUT2D eigenvalue weighted by atomic mass is 16.4. The fraction of sp³-hybridized carbons (Fsp3) is 0.357. The van der Waals surface area contributed by atoms with Gasteiger partial charge in [-0.25, -0.2) is 4.79 Å². The maximum Gasteiger partial charge on any atom is 0.326 e. The van der Waals surface area contributed by atoms with Gasteiger partial charge in [-0.3, -0.25) is 24.2 Å². The van der Waals surface area contributed by atoms with Gasteiger partial charge in [0, 0.05) is 13.0 Å². The molecule has 0 bridgehead atoms. The number of nitrogens with one attached hydrogen (secondary N) is 3. The number of benzene rings is 2. The molecule has 0 saturated carbocycles. The van der Waals surface area contributed by atoms with E-state index in [2.05, 4.69) is 20.9 Å². The summed E-state index contributed by atoms with van der Waals surface area (Å²) in [7, 11) is 0. The van der Waals surface area contributed by atoms with E-state index in [1.54, 1.807) is 30.3 Å². The number of hydrogen-bond acceptors (Lipinski definition) is 7. The number of aliphatic carboxylic acids is 2. The summed E-state index contributed by atoms with van der Waals surface area (Å²) in [6.45, 7) is 0.168. The Morgan fingerprint density at radius 1 is 0.714 bits per heavy atom. The first-order valence-corrected chi connectivity index (χ1v) is 13.2. The van der Waals surface area contributed by atoms with Crippen LogP contribution in [0.25, 0.3) is 0 Å². The topological polar surface area (TPSA) is 252 Å². The second kappa shape index (κ2) is 17.0. The van der Waals surface area contributed by atoms with Crippen molar-refractivity contribution in [3.05, 3.63) is 71.8 Å². The minimum absolute atomic E-state index is 0.0417. The lowest BCUT2D eigenvalue weighted by Gasteiger charge is -2.25. The lowest BCUT2D eigenvalue weighted by molar-refractivity contribution is -0.147. The summed E-state index contributed by atoms with van der Waals surface area (Å²) in [5.74, 6) is -5.36. The largest absolute Gasteiger partial charge is 0.481 e. The number of guanidine groups is 1. The first kappa shape index (κ1) is 33.2. The van der Waals surface area contributed by atoms with Crippen molar-refractivity contribution in [3.8, 4) is 0 Å². The monoisotopic (exact) mass is 583 g/mol. The minimum Gasteiger partial charge on any atom is -0.481 e. The molecule has 0 radical (unpaired) electrons. The molecule has 4 atom stereocenters. The van der Waals surface area contributed by atoms with Gasteiger partial charge in [0.1, 0.15) is 18.1 Å². The van der Waals surface area contributed by atoms with E-state index >= 15 is 0 Å². The number of hydrogen-bond donors (Lipinski definition) is 8. The molecule has 0 saturated heterocycles. The number of carboxylic acid groups (broad SMARTS) is 2. The van der Waals surface area contributed by atoms with E-state index in [1.165, 1.54) is 0 Å². The van der Waals surface area contributed by atoms with E-state index in [0.29, 0.717) is 12.0 Å². The van der Waals surface area contributed by atoms with Crippen LogP contribution in [0, 0.1) is 0 Å². The molecule has 4 unspecified atom stereocenters. The first-order valence-electron chi connectivity index (χ1n) is 13.2. The van der Waals surface area contributed by atoms with E-state index in [-0.39, 0.29) is 31.8 Å². The zero-order valence-corrected chi connectivity index (χ0v) is 22.9. The van der Waals surface area contributed by atoms with E-state index in [1.807, 2.05) is 30.3 Å². The van der Waals surface area contributed by atoms with Crippen molar-refractivity contribution in [2.45, 2.75) is 56.3 Å². The number of carbonyl (C=O) groups is 5. The number of aliphatic imine (C=N–C) groups is 1. The van der Waals surface area contributed by atoms with E-state index in [9.17, 15) is 29.1 Å². The molecule has 42 heavy (non-hydrogen) atoms. The second-order valence-corrected chi connectivity index (χ2v) is 9.55. The quantitative estimate of drug-likeness (QED) is 0.0631. The summed E-state index contributed by atoms with van der Waals surface area (Å²) in [6, 6.07) is 12.5. The third-order valence-corrected chi connectivity index (χ3v) is 6.12. The molecule has 0 heterocycles. The molecular weight excluding hydrogens is 546 g/mol. The Balaban J connectivity index is 2.24. The van der Waals surface area contributed by atoms with Crippen molar-refractivity contribution in [2.24, 2.45) is 22.2 Å². The van der Waals surface area contributed by atoms with Crippen molar-refractivity contribution in [2.75, 3.05) is 6.54 Å². The molecule has 0 aliphatic rings. The van der Waals surface area contributed by atoms with Gasteiger partial charge in [-0.1, -0.05) is 60.7 Å². The molecule has 14 heteroatoms. The van der Waals surface area contributed by atoms with Gasteiger partial charge < -0.3 is 43.4 Å². The van der Waals surface area contributed by atoms with Crippen LogP contribution in [0.2, 0.25) is 0 Å². The Kier molecular flexibility index (Phi) is 13.4. The Labute approximate surface area is 242 Å². The lowest BCUT2D eigenvalue weighted by Crippen LogP contribution is -2.58. The lowest BCUT2D eigenvalue weighted by atomic mass is 10.0. The van der Waals surface area contributed by atoms with Crippen molar-refractivity contribution in [1.82, 2.24) is 16.0 Å². The molecule has 2 rings (SSSR count). The molecule has 0 aliphatic carbocycles. The molecule has 2 aromatic rings. The van der Waals surface area contributed by atoms with Gasteiger partial charge in [-0.2, -0.15) is 0 Å². The minimum atomic E-state index is -1.73. The van der Waals surface area contributed by atoms with Gasteiger partial charge >= 0.3 is 11.9 Å². The fourth-order valence-electron chi connectivity index (χ4n) is 3.99. The van der Waals surface area contributed by atoms with Gasteiger partial charge in [-0.15, -0.1) is 0 Å². The molecule has 0 aromatic heterocycles. The average molecular weight is 584 g/mol. The molecule has 11 N–H and O–H groups in total. The number of nitrogens with two attached hydrogens (primary N) is 3. The van der Waals surface area contributed by atoms with Gasteiger partial charge in [0.15, 0.2) is 5.96 Å². The molecule has 0 aliphatic heterocycles. The summed E-state index contributed by atoms with van der Waals surface area (Å²) in [4.78, 5) is 66.1. The Bertz CT molecular complexity index is 1240. The van der Waals surface area contributed by atoms with Crippen LogP contribution in [-0.2, 0) is 36.8 Å². The SMILES string of the molecule is NC(N)=NCCCC(NC(=O)C(N)Cc1ccccc1)C(=O)NC(Cc1ccccc1)C(=O)NC(CC(=O)O)C(=O)O. The Morgan fingerprint density at radius 2 is 1.21 bits per heavy atom. The summed E-state index contributed by atoms with van der Waals surface area (Å²) in [5.41, 5.74) is 18.3. The maximum absolute atomic E-state index is 13.4. The van der Waals surface area contributed by atoms with Crippen LogP contribution in [0.5, 0.6) is 0 Å². The normalized spacial score (nSPS) is 13.5. The van der Waals surface area contributed by atoms with Crippen LogP contribution < -0.4 is 33.2 Å². The number of carboxylic acids is 2. The fourth-order valence-corrected chi connectivity index (χ4v) is 3.99. The Hall–Kier alpha value is -4.98. The van der Waals surface area contributed by atoms with Gasteiger partial charge in [-0.05, 0) is 30.4 Å². The van der Waals surface area contributed by atoms with Crippen molar-refractivity contribution in [1.29, 1.82) is 0 Å². The predicted octanol–water partition coefficient (Wildman–Crippen LogP) is -1.13. The molecule has 226 valence electrons. The number of carbonyl (C=O) groups excluding carboxylic acids is 3. The predicted molar refractivity (Wildman–Crippen MR) is 154 cm³/mol. The second-order valence-electron chi connectivity index (χ2n) is 9.55. The van der Waals surface area contributed by atoms with E-state index < -0.39 is 60.2 Å². The van der Waals surface area contributed by atoms with Crippen molar-refractivity contribution < 1.29 is 34.2 Å². The number of nitrogens with zero attached hydrogens (tertiary/aromatic N) is 1. The van der Waals surface area contributed by atoms with Crippen molar-refractivity contribution in [3.63, 3.8) is 0 Å². The summed E-state index contributed by atoms with van der Waals surface area (Å²) < 4.78 is 0. The van der Waals surface area contributed by atoms with Crippen LogP contribution in [0.15, 0.2) is 65.7 Å². The summed E-state index contributed by atoms with van der Waals surface area (Å²) in [6.07, 6.45) is -0.313. The highest BCUT2D eigenvalue weighted by molar-refractivity contribution is 5.94. The van der Waals surface area contributed by atoms with Crippen LogP contribution in [0.4, 0.5) is 0 Å². The summed E-state index contributed by atoms with van der Waals surface area (Å²) in [5, 5.41) is 25.8. The van der Waals surface area contributed by atoms with Crippen LogP contribution in [0.3, 0.4) is 0 Å². The van der Waals surface area contributed by atoms with Gasteiger partial charge in [0.25, 0.3) is 0 Å². The van der Waals surface area contributed by atoms with Crippen LogP contribution >= 0.6 is 0 Å². The van der Waals surface area contributed by atoms with Crippen molar-refractivity contribution >= 4 is 35.6 Å². The average Bonchev–Trinajstić information content (AvgIpc) is 2.94. The van der Waals surface area contributed by atoms with Gasteiger partial charge in [0.05, 0.1) is 12.5 Å². The van der Waals surface area contributed by atoms with Crippen LogP contribution in [0.1, 0.15) is 30.4 Å². The van der Waals surface area contributed by atoms with E-state index in [0.717, 1.165) is 5.56 Å². The number of amides is 3. The molecule has 0 fully saturated rings. The smallest absolute Gasteiger partial charge is 0.326 e. The van der Waals surface area contributed by atoms with Gasteiger partial charge in [0.2, 0.25) is 17.7 Å². The zero-order valence-electron chi connectivity index (χ0n) is 22.9. The molecule has 2 aromatic carbocycles. The molecule has 0 spiro atoms. The molecule has 14 nitrogen and oxygen atoms in total. The zero-order chi connectivity index (χ0) is 31.1. The number of rotatable bonds is 17. The highest BCUT2D eigenvalue weighted by Crippen LogP contribution is 2.08. The Morgan fingerprint density at radius 3 is 1.74 bits per heavy atom.